The number of benzene rings is 1. The summed E-state index contributed by atoms with van der Waals surface area (Å²) in [7, 11) is 0. The van der Waals surface area contributed by atoms with Crippen molar-refractivity contribution in [1.82, 2.24) is 0 Å². The normalized spacial score (nSPS) is 21.2. The number of para-hydroxylation sites is 1. The van der Waals surface area contributed by atoms with Crippen LogP contribution in [-0.2, 0) is 0 Å². The molecule has 0 saturated carbocycles. The van der Waals surface area contributed by atoms with Crippen LogP contribution < -0.4 is 10.6 Å². The Morgan fingerprint density at radius 2 is 2.26 bits per heavy atom. The van der Waals surface area contributed by atoms with Crippen LogP contribution in [-0.4, -0.2) is 24.1 Å². The zero-order chi connectivity index (χ0) is 14.0. The summed E-state index contributed by atoms with van der Waals surface area (Å²) in [6.45, 7) is 5.62. The van der Waals surface area contributed by atoms with Gasteiger partial charge in [0, 0.05) is 25.2 Å². The lowest BCUT2D eigenvalue weighted by Crippen LogP contribution is -2.42. The number of rotatable bonds is 3. The van der Waals surface area contributed by atoms with Gasteiger partial charge in [0.15, 0.2) is 0 Å². The second kappa shape index (κ2) is 5.57. The van der Waals surface area contributed by atoms with Crippen LogP contribution in [0.3, 0.4) is 0 Å². The number of anilines is 1. The van der Waals surface area contributed by atoms with Crippen LogP contribution in [0.1, 0.15) is 25.3 Å². The SMILES string of the molecule is Cc1cccc([N+](=O)[O-])c1N1CCCC(C(C)N)C1. The van der Waals surface area contributed by atoms with Gasteiger partial charge in [-0.05, 0) is 38.2 Å². The van der Waals surface area contributed by atoms with Gasteiger partial charge in [0.1, 0.15) is 5.69 Å². The summed E-state index contributed by atoms with van der Waals surface area (Å²) in [6.07, 6.45) is 2.14. The van der Waals surface area contributed by atoms with E-state index in [1.54, 1.807) is 12.1 Å². The molecule has 0 aliphatic carbocycles. The Morgan fingerprint density at radius 3 is 2.89 bits per heavy atom. The lowest BCUT2D eigenvalue weighted by atomic mass is 9.91. The van der Waals surface area contributed by atoms with E-state index in [0.717, 1.165) is 37.2 Å². The van der Waals surface area contributed by atoms with Gasteiger partial charge in [-0.2, -0.15) is 0 Å². The Bertz CT molecular complexity index is 474. The smallest absolute Gasteiger partial charge is 0.292 e. The number of piperidine rings is 1. The fourth-order valence-corrected chi connectivity index (χ4v) is 2.84. The minimum Gasteiger partial charge on any atom is -0.365 e. The molecule has 0 aromatic heterocycles. The molecule has 1 aliphatic heterocycles. The van der Waals surface area contributed by atoms with Crippen LogP contribution in [0, 0.1) is 23.0 Å². The van der Waals surface area contributed by atoms with Crippen molar-refractivity contribution < 1.29 is 4.92 Å². The van der Waals surface area contributed by atoms with Crippen molar-refractivity contribution >= 4 is 11.4 Å². The summed E-state index contributed by atoms with van der Waals surface area (Å²) >= 11 is 0. The van der Waals surface area contributed by atoms with Gasteiger partial charge in [-0.15, -0.1) is 0 Å². The molecule has 2 rings (SSSR count). The predicted octanol–water partition coefficient (Wildman–Crippen LogP) is 2.47. The van der Waals surface area contributed by atoms with Gasteiger partial charge < -0.3 is 10.6 Å². The largest absolute Gasteiger partial charge is 0.365 e. The second-order valence-electron chi connectivity index (χ2n) is 5.41. The molecule has 0 spiro atoms. The molecule has 5 heteroatoms. The first-order chi connectivity index (χ1) is 9.00. The minimum absolute atomic E-state index is 0.130. The number of nitro benzene ring substituents is 1. The Hall–Kier alpha value is -1.62. The Morgan fingerprint density at radius 1 is 1.53 bits per heavy atom. The van der Waals surface area contributed by atoms with Crippen LogP contribution in [0.25, 0.3) is 0 Å². The molecule has 1 aliphatic rings. The Labute approximate surface area is 113 Å². The molecule has 1 saturated heterocycles. The van der Waals surface area contributed by atoms with Crippen molar-refractivity contribution in [3.63, 3.8) is 0 Å². The maximum Gasteiger partial charge on any atom is 0.292 e. The van der Waals surface area contributed by atoms with Gasteiger partial charge >= 0.3 is 0 Å². The molecule has 5 nitrogen and oxygen atoms in total. The van der Waals surface area contributed by atoms with Crippen LogP contribution in [0.4, 0.5) is 11.4 Å². The molecule has 1 heterocycles. The predicted molar refractivity (Wildman–Crippen MR) is 76.4 cm³/mol. The number of nitro groups is 1. The number of nitrogens with zero attached hydrogens (tertiary/aromatic N) is 2. The molecular formula is C14H21N3O2. The van der Waals surface area contributed by atoms with Crippen LogP contribution in [0.2, 0.25) is 0 Å². The summed E-state index contributed by atoms with van der Waals surface area (Å²) in [5, 5.41) is 11.2. The van der Waals surface area contributed by atoms with E-state index in [1.165, 1.54) is 0 Å². The highest BCUT2D eigenvalue weighted by molar-refractivity contribution is 5.67. The van der Waals surface area contributed by atoms with Crippen molar-refractivity contribution in [1.29, 1.82) is 0 Å². The molecule has 0 radical (unpaired) electrons. The highest BCUT2D eigenvalue weighted by Gasteiger charge is 2.28. The summed E-state index contributed by atoms with van der Waals surface area (Å²) in [6, 6.07) is 5.38. The Balaban J connectivity index is 2.33. The molecule has 19 heavy (non-hydrogen) atoms. The third-order valence-corrected chi connectivity index (χ3v) is 3.93. The topological polar surface area (TPSA) is 72.4 Å². The maximum atomic E-state index is 11.2. The van der Waals surface area contributed by atoms with E-state index in [2.05, 4.69) is 4.90 Å². The van der Waals surface area contributed by atoms with E-state index in [-0.39, 0.29) is 16.7 Å². The standard InChI is InChI=1S/C14H21N3O2/c1-10-5-3-7-13(17(18)19)14(10)16-8-4-6-12(9-16)11(2)15/h3,5,7,11-12H,4,6,8-9,15H2,1-2H3. The summed E-state index contributed by atoms with van der Waals surface area (Å²) in [5.41, 5.74) is 7.90. The molecule has 0 bridgehead atoms. The molecule has 104 valence electrons. The number of hydrogen-bond donors (Lipinski definition) is 1. The average Bonchev–Trinajstić information content (AvgIpc) is 2.38. The molecule has 2 unspecified atom stereocenters. The zero-order valence-electron chi connectivity index (χ0n) is 11.5. The van der Waals surface area contributed by atoms with E-state index in [9.17, 15) is 10.1 Å². The lowest BCUT2D eigenvalue weighted by molar-refractivity contribution is -0.384. The molecule has 1 fully saturated rings. The Kier molecular flexibility index (Phi) is 4.04. The third-order valence-electron chi connectivity index (χ3n) is 3.93. The molecular weight excluding hydrogens is 242 g/mol. The van der Waals surface area contributed by atoms with Gasteiger partial charge in [0.05, 0.1) is 4.92 Å². The van der Waals surface area contributed by atoms with Crippen molar-refractivity contribution in [2.75, 3.05) is 18.0 Å². The quantitative estimate of drug-likeness (QED) is 0.671. The first-order valence-corrected chi connectivity index (χ1v) is 6.75. The van der Waals surface area contributed by atoms with E-state index in [0.29, 0.717) is 5.92 Å². The van der Waals surface area contributed by atoms with Gasteiger partial charge in [-0.3, -0.25) is 10.1 Å². The fourth-order valence-electron chi connectivity index (χ4n) is 2.84. The maximum absolute atomic E-state index is 11.2. The van der Waals surface area contributed by atoms with Gasteiger partial charge in [-0.25, -0.2) is 0 Å². The first-order valence-electron chi connectivity index (χ1n) is 6.75. The van der Waals surface area contributed by atoms with Gasteiger partial charge in [0.25, 0.3) is 5.69 Å². The minimum atomic E-state index is -0.294. The van der Waals surface area contributed by atoms with Crippen molar-refractivity contribution in [2.24, 2.45) is 11.7 Å². The van der Waals surface area contributed by atoms with E-state index in [4.69, 9.17) is 5.73 Å². The van der Waals surface area contributed by atoms with E-state index < -0.39 is 0 Å². The number of aryl methyl sites for hydroxylation is 1. The van der Waals surface area contributed by atoms with Crippen molar-refractivity contribution in [3.8, 4) is 0 Å². The highest BCUT2D eigenvalue weighted by atomic mass is 16.6. The second-order valence-corrected chi connectivity index (χ2v) is 5.41. The van der Waals surface area contributed by atoms with E-state index >= 15 is 0 Å². The summed E-state index contributed by atoms with van der Waals surface area (Å²) in [4.78, 5) is 13.0. The monoisotopic (exact) mass is 263 g/mol. The number of hydrogen-bond acceptors (Lipinski definition) is 4. The van der Waals surface area contributed by atoms with Gasteiger partial charge in [-0.1, -0.05) is 12.1 Å². The third kappa shape index (κ3) is 2.87. The molecule has 2 atom stereocenters. The van der Waals surface area contributed by atoms with Gasteiger partial charge in [0.2, 0.25) is 0 Å². The molecule has 0 amide bonds. The van der Waals surface area contributed by atoms with Crippen molar-refractivity contribution in [2.45, 2.75) is 32.7 Å². The van der Waals surface area contributed by atoms with Crippen LogP contribution >= 0.6 is 0 Å². The van der Waals surface area contributed by atoms with Crippen LogP contribution in [0.15, 0.2) is 18.2 Å². The highest BCUT2D eigenvalue weighted by Crippen LogP contribution is 2.34. The molecule has 1 aromatic carbocycles. The van der Waals surface area contributed by atoms with E-state index in [1.807, 2.05) is 19.9 Å². The first kappa shape index (κ1) is 13.8. The molecule has 1 aromatic rings. The summed E-state index contributed by atoms with van der Waals surface area (Å²) < 4.78 is 0. The fraction of sp³-hybridized carbons (Fsp3) is 0.571. The molecule has 2 N–H and O–H groups in total. The zero-order valence-corrected chi connectivity index (χ0v) is 11.5. The lowest BCUT2D eigenvalue weighted by Gasteiger charge is -2.36. The van der Waals surface area contributed by atoms with Crippen LogP contribution in [0.5, 0.6) is 0 Å². The summed E-state index contributed by atoms with van der Waals surface area (Å²) in [5.74, 6) is 0.410. The number of nitrogens with two attached hydrogens (primary N) is 1. The van der Waals surface area contributed by atoms with Crippen molar-refractivity contribution in [3.05, 3.63) is 33.9 Å². The average molecular weight is 263 g/mol.